The summed E-state index contributed by atoms with van der Waals surface area (Å²) in [5, 5.41) is 7.84. The van der Waals surface area contributed by atoms with E-state index >= 15 is 0 Å². The standard InChI is InChI=1S/C32H34N4O4S/c1-22(37)35-18-2-6-28(35)31(39)33-25-14-10-23(11-15-25)8-9-24-12-16-26(17-13-24)34-32(40)29-7-3-19-36(29)30(38)21-27-5-4-20-41-27/h4-5,8-17,20,28-29H,2-3,6-7,18-19,21H2,1H3,(H,33,39)(H,34,40)/b9-8+/t28-,29-/m0/s1. The van der Waals surface area contributed by atoms with Crippen molar-refractivity contribution in [3.8, 4) is 0 Å². The molecule has 0 radical (unpaired) electrons. The summed E-state index contributed by atoms with van der Waals surface area (Å²) in [6.45, 7) is 2.73. The van der Waals surface area contributed by atoms with Crippen molar-refractivity contribution in [3.05, 3.63) is 82.0 Å². The summed E-state index contributed by atoms with van der Waals surface area (Å²) in [6, 6.07) is 18.1. The third-order valence-corrected chi connectivity index (χ3v) is 8.44. The van der Waals surface area contributed by atoms with Crippen molar-refractivity contribution in [2.24, 2.45) is 0 Å². The highest BCUT2D eigenvalue weighted by Gasteiger charge is 2.34. The third-order valence-electron chi connectivity index (χ3n) is 7.57. The Morgan fingerprint density at radius 3 is 1.78 bits per heavy atom. The molecule has 4 amide bonds. The fourth-order valence-corrected chi connectivity index (χ4v) is 6.11. The molecule has 2 N–H and O–H groups in total. The van der Waals surface area contributed by atoms with Gasteiger partial charge in [-0.25, -0.2) is 0 Å². The number of nitrogens with zero attached hydrogens (tertiary/aromatic N) is 2. The predicted octanol–water partition coefficient (Wildman–Crippen LogP) is 5.04. The molecule has 2 aliphatic heterocycles. The van der Waals surface area contributed by atoms with Crippen LogP contribution in [0, 0.1) is 0 Å². The van der Waals surface area contributed by atoms with Crippen molar-refractivity contribution in [1.29, 1.82) is 0 Å². The fraction of sp³-hybridized carbons (Fsp3) is 0.312. The Kier molecular flexibility index (Phi) is 8.94. The van der Waals surface area contributed by atoms with Crippen LogP contribution in [0.3, 0.4) is 0 Å². The van der Waals surface area contributed by atoms with Gasteiger partial charge in [-0.2, -0.15) is 0 Å². The minimum Gasteiger partial charge on any atom is -0.331 e. The summed E-state index contributed by atoms with van der Waals surface area (Å²) >= 11 is 1.55. The molecule has 2 fully saturated rings. The van der Waals surface area contributed by atoms with Gasteiger partial charge in [0.1, 0.15) is 12.1 Å². The van der Waals surface area contributed by atoms with Gasteiger partial charge in [-0.05, 0) is 72.5 Å². The van der Waals surface area contributed by atoms with Crippen LogP contribution >= 0.6 is 11.3 Å². The average Bonchev–Trinajstić information content (AvgIpc) is 3.75. The SMILES string of the molecule is CC(=O)N1CCC[C@H]1C(=O)Nc1ccc(/C=C/c2ccc(NC(=O)[C@@H]3CCCN3C(=O)Cc3cccs3)cc2)cc1. The highest BCUT2D eigenvalue weighted by molar-refractivity contribution is 7.10. The van der Waals surface area contributed by atoms with Gasteiger partial charge >= 0.3 is 0 Å². The average molecular weight is 571 g/mol. The molecule has 0 unspecified atom stereocenters. The van der Waals surface area contributed by atoms with Crippen LogP contribution in [0.15, 0.2) is 66.0 Å². The molecule has 9 heteroatoms. The molecule has 0 spiro atoms. The van der Waals surface area contributed by atoms with Crippen LogP contribution in [0.25, 0.3) is 12.2 Å². The number of rotatable bonds is 8. The molecule has 2 aliphatic rings. The molecule has 2 atom stereocenters. The van der Waals surface area contributed by atoms with E-state index in [4.69, 9.17) is 0 Å². The van der Waals surface area contributed by atoms with Gasteiger partial charge in [0.2, 0.25) is 23.6 Å². The number of nitrogens with one attached hydrogen (secondary N) is 2. The van der Waals surface area contributed by atoms with Crippen molar-refractivity contribution in [3.63, 3.8) is 0 Å². The summed E-state index contributed by atoms with van der Waals surface area (Å²) in [7, 11) is 0. The van der Waals surface area contributed by atoms with Crippen LogP contribution in [0.1, 0.15) is 48.6 Å². The molecule has 41 heavy (non-hydrogen) atoms. The van der Waals surface area contributed by atoms with E-state index in [1.807, 2.05) is 78.2 Å². The van der Waals surface area contributed by atoms with E-state index in [2.05, 4.69) is 10.6 Å². The van der Waals surface area contributed by atoms with Gasteiger partial charge in [-0.15, -0.1) is 11.3 Å². The van der Waals surface area contributed by atoms with Gasteiger partial charge in [0.15, 0.2) is 0 Å². The first-order valence-electron chi connectivity index (χ1n) is 14.0. The summed E-state index contributed by atoms with van der Waals surface area (Å²) < 4.78 is 0. The molecule has 0 bridgehead atoms. The van der Waals surface area contributed by atoms with Gasteiger partial charge in [0, 0.05) is 36.3 Å². The van der Waals surface area contributed by atoms with E-state index in [9.17, 15) is 19.2 Å². The zero-order chi connectivity index (χ0) is 28.8. The quantitative estimate of drug-likeness (QED) is 0.371. The Bertz CT molecular complexity index is 1420. The van der Waals surface area contributed by atoms with Gasteiger partial charge in [-0.3, -0.25) is 19.2 Å². The maximum absolute atomic E-state index is 13.0. The molecule has 0 aliphatic carbocycles. The molecule has 2 aromatic carbocycles. The van der Waals surface area contributed by atoms with E-state index in [1.165, 1.54) is 6.92 Å². The van der Waals surface area contributed by atoms with Gasteiger partial charge < -0.3 is 20.4 Å². The molecule has 3 heterocycles. The second-order valence-electron chi connectivity index (χ2n) is 10.4. The number of hydrogen-bond acceptors (Lipinski definition) is 5. The molecule has 5 rings (SSSR count). The van der Waals surface area contributed by atoms with Crippen LogP contribution in [-0.2, 0) is 25.6 Å². The number of thiophene rings is 1. The van der Waals surface area contributed by atoms with Crippen LogP contribution in [-0.4, -0.2) is 58.6 Å². The van der Waals surface area contributed by atoms with Crippen molar-refractivity contribution in [2.75, 3.05) is 23.7 Å². The largest absolute Gasteiger partial charge is 0.331 e. The van der Waals surface area contributed by atoms with Gasteiger partial charge in [-0.1, -0.05) is 42.5 Å². The minimum atomic E-state index is -0.443. The normalized spacial score (nSPS) is 18.6. The number of benzene rings is 2. The Labute approximate surface area is 244 Å². The van der Waals surface area contributed by atoms with E-state index in [-0.39, 0.29) is 23.6 Å². The number of carbonyl (C=O) groups excluding carboxylic acids is 4. The zero-order valence-corrected chi connectivity index (χ0v) is 23.9. The van der Waals surface area contributed by atoms with Gasteiger partial charge in [0.25, 0.3) is 0 Å². The third kappa shape index (κ3) is 7.10. The Balaban J connectivity index is 1.12. The number of hydrogen-bond donors (Lipinski definition) is 2. The Morgan fingerprint density at radius 2 is 1.29 bits per heavy atom. The monoisotopic (exact) mass is 570 g/mol. The van der Waals surface area contributed by atoms with E-state index in [0.717, 1.165) is 28.8 Å². The van der Waals surface area contributed by atoms with E-state index in [0.29, 0.717) is 43.7 Å². The zero-order valence-electron chi connectivity index (χ0n) is 23.0. The molecule has 1 aromatic heterocycles. The molecular formula is C32H34N4O4S. The molecule has 3 aromatic rings. The summed E-state index contributed by atoms with van der Waals surface area (Å²) in [4.78, 5) is 54.5. The lowest BCUT2D eigenvalue weighted by atomic mass is 10.1. The van der Waals surface area contributed by atoms with Crippen molar-refractivity contribution >= 4 is 58.5 Å². The lowest BCUT2D eigenvalue weighted by Gasteiger charge is -2.24. The Hall–Kier alpha value is -4.24. The lowest BCUT2D eigenvalue weighted by Crippen LogP contribution is -2.43. The first-order chi connectivity index (χ1) is 19.9. The first kappa shape index (κ1) is 28.3. The predicted molar refractivity (Wildman–Crippen MR) is 162 cm³/mol. The molecule has 0 saturated carbocycles. The van der Waals surface area contributed by atoms with E-state index in [1.54, 1.807) is 21.1 Å². The summed E-state index contributed by atoms with van der Waals surface area (Å²) in [5.41, 5.74) is 3.33. The minimum absolute atomic E-state index is 0.00515. The molecular weight excluding hydrogens is 536 g/mol. The highest BCUT2D eigenvalue weighted by atomic mass is 32.1. The van der Waals surface area contributed by atoms with Crippen LogP contribution in [0.5, 0.6) is 0 Å². The van der Waals surface area contributed by atoms with Crippen molar-refractivity contribution < 1.29 is 19.2 Å². The topological polar surface area (TPSA) is 98.8 Å². The van der Waals surface area contributed by atoms with Crippen molar-refractivity contribution in [1.82, 2.24) is 9.80 Å². The smallest absolute Gasteiger partial charge is 0.247 e. The Morgan fingerprint density at radius 1 is 0.780 bits per heavy atom. The molecule has 8 nitrogen and oxygen atoms in total. The summed E-state index contributed by atoms with van der Waals surface area (Å²) in [5.74, 6) is -0.386. The van der Waals surface area contributed by atoms with Gasteiger partial charge in [0.05, 0.1) is 6.42 Å². The number of anilines is 2. The summed E-state index contributed by atoms with van der Waals surface area (Å²) in [6.07, 6.45) is 7.30. The lowest BCUT2D eigenvalue weighted by molar-refractivity contribution is -0.136. The fourth-order valence-electron chi connectivity index (χ4n) is 5.42. The van der Waals surface area contributed by atoms with Crippen LogP contribution in [0.2, 0.25) is 0 Å². The molecule has 212 valence electrons. The number of likely N-dealkylation sites (tertiary alicyclic amines) is 2. The second kappa shape index (κ2) is 13.0. The maximum Gasteiger partial charge on any atom is 0.247 e. The van der Waals surface area contributed by atoms with E-state index < -0.39 is 12.1 Å². The number of carbonyl (C=O) groups is 4. The number of amides is 4. The highest BCUT2D eigenvalue weighted by Crippen LogP contribution is 2.23. The van der Waals surface area contributed by atoms with Crippen LogP contribution in [0.4, 0.5) is 11.4 Å². The first-order valence-corrected chi connectivity index (χ1v) is 14.8. The maximum atomic E-state index is 13.0. The molecule has 2 saturated heterocycles. The van der Waals surface area contributed by atoms with Crippen LogP contribution < -0.4 is 10.6 Å². The second-order valence-corrected chi connectivity index (χ2v) is 11.5. The van der Waals surface area contributed by atoms with Crippen molar-refractivity contribution in [2.45, 2.75) is 51.1 Å².